The van der Waals surface area contributed by atoms with Gasteiger partial charge in [-0.2, -0.15) is 4.31 Å². The molecule has 0 unspecified atom stereocenters. The molecule has 0 spiro atoms. The number of methoxy groups -OCH3 is 1. The molecule has 0 aliphatic carbocycles. The number of ether oxygens (including phenoxy) is 1. The van der Waals surface area contributed by atoms with Crippen molar-refractivity contribution in [3.63, 3.8) is 0 Å². The fraction of sp³-hybridized carbons (Fsp3) is 0.316. The van der Waals surface area contributed by atoms with E-state index in [9.17, 15) is 13.2 Å². The molecule has 0 N–H and O–H groups in total. The first-order valence-electron chi connectivity index (χ1n) is 8.99. The second-order valence-corrected chi connectivity index (χ2v) is 8.61. The maximum absolute atomic E-state index is 12.9. The van der Waals surface area contributed by atoms with Crippen LogP contribution in [-0.2, 0) is 14.8 Å². The van der Waals surface area contributed by atoms with Crippen molar-refractivity contribution in [3.05, 3.63) is 54.1 Å². The lowest BCUT2D eigenvalue weighted by Crippen LogP contribution is -2.39. The standard InChI is InChI=1S/C19H20N4O4S/c1-27-19(24)14-6-8-16(9-7-14)28(25,26)22-12-10-15(11-13-22)23-18-5-3-2-4-17(18)20-21-23/h2-9,15H,10-13H2,1H3. The molecule has 1 aliphatic rings. The first kappa shape index (κ1) is 18.6. The lowest BCUT2D eigenvalue weighted by molar-refractivity contribution is 0.0600. The van der Waals surface area contributed by atoms with Gasteiger partial charge in [-0.3, -0.25) is 0 Å². The predicted octanol–water partition coefficient (Wildman–Crippen LogP) is 2.24. The lowest BCUT2D eigenvalue weighted by atomic mass is 10.1. The molecule has 0 saturated carbocycles. The number of benzene rings is 2. The molecule has 4 rings (SSSR count). The summed E-state index contributed by atoms with van der Waals surface area (Å²) in [7, 11) is -2.32. The van der Waals surface area contributed by atoms with Gasteiger partial charge in [0.25, 0.3) is 0 Å². The number of hydrogen-bond acceptors (Lipinski definition) is 6. The summed E-state index contributed by atoms with van der Waals surface area (Å²) >= 11 is 0. The third-order valence-corrected chi connectivity index (χ3v) is 6.97. The van der Waals surface area contributed by atoms with Crippen LogP contribution in [0, 0.1) is 0 Å². The van der Waals surface area contributed by atoms with E-state index in [1.165, 1.54) is 35.7 Å². The van der Waals surface area contributed by atoms with Gasteiger partial charge >= 0.3 is 5.97 Å². The highest BCUT2D eigenvalue weighted by Crippen LogP contribution is 2.28. The molecule has 0 amide bonds. The van der Waals surface area contributed by atoms with E-state index in [0.717, 1.165) is 11.0 Å². The Morgan fingerprint density at radius 2 is 1.75 bits per heavy atom. The molecule has 1 aromatic heterocycles. The Morgan fingerprint density at radius 1 is 1.07 bits per heavy atom. The second kappa shape index (κ2) is 7.33. The maximum atomic E-state index is 12.9. The van der Waals surface area contributed by atoms with Crippen LogP contribution in [0.1, 0.15) is 29.2 Å². The number of carbonyl (C=O) groups excluding carboxylic acids is 1. The van der Waals surface area contributed by atoms with Crippen molar-refractivity contribution in [1.82, 2.24) is 19.3 Å². The highest BCUT2D eigenvalue weighted by Gasteiger charge is 2.31. The molecule has 1 fully saturated rings. The Morgan fingerprint density at radius 3 is 2.43 bits per heavy atom. The van der Waals surface area contributed by atoms with Crippen molar-refractivity contribution in [3.8, 4) is 0 Å². The van der Waals surface area contributed by atoms with Gasteiger partial charge in [-0.15, -0.1) is 5.10 Å². The molecular formula is C19H20N4O4S. The first-order valence-corrected chi connectivity index (χ1v) is 10.4. The van der Waals surface area contributed by atoms with E-state index < -0.39 is 16.0 Å². The molecule has 2 heterocycles. The average Bonchev–Trinajstić information content (AvgIpc) is 3.17. The zero-order valence-electron chi connectivity index (χ0n) is 15.4. The van der Waals surface area contributed by atoms with Gasteiger partial charge in [-0.1, -0.05) is 17.3 Å². The Balaban J connectivity index is 1.49. The number of carbonyl (C=O) groups is 1. The number of para-hydroxylation sites is 1. The summed E-state index contributed by atoms with van der Waals surface area (Å²) in [6.07, 6.45) is 1.32. The van der Waals surface area contributed by atoms with Gasteiger partial charge in [0.05, 0.1) is 29.1 Å². The van der Waals surface area contributed by atoms with Crippen molar-refractivity contribution in [2.75, 3.05) is 20.2 Å². The number of aromatic nitrogens is 3. The van der Waals surface area contributed by atoms with Crippen LogP contribution >= 0.6 is 0 Å². The molecule has 1 aliphatic heterocycles. The van der Waals surface area contributed by atoms with Crippen molar-refractivity contribution < 1.29 is 17.9 Å². The molecular weight excluding hydrogens is 380 g/mol. The summed E-state index contributed by atoms with van der Waals surface area (Å²) in [6.45, 7) is 0.805. The molecule has 0 bridgehead atoms. The molecule has 0 radical (unpaired) electrons. The van der Waals surface area contributed by atoms with Gasteiger partial charge in [-0.05, 0) is 49.2 Å². The molecule has 0 atom stereocenters. The smallest absolute Gasteiger partial charge is 0.337 e. The van der Waals surface area contributed by atoms with Gasteiger partial charge in [0.2, 0.25) is 10.0 Å². The summed E-state index contributed by atoms with van der Waals surface area (Å²) in [4.78, 5) is 11.7. The van der Waals surface area contributed by atoms with Crippen LogP contribution in [-0.4, -0.2) is 53.9 Å². The average molecular weight is 400 g/mol. The van der Waals surface area contributed by atoms with Crippen molar-refractivity contribution >= 4 is 27.0 Å². The van der Waals surface area contributed by atoms with Gasteiger partial charge in [0, 0.05) is 13.1 Å². The normalized spacial score (nSPS) is 16.3. The Kier molecular flexibility index (Phi) is 4.86. The zero-order valence-corrected chi connectivity index (χ0v) is 16.2. The highest BCUT2D eigenvalue weighted by atomic mass is 32.2. The van der Waals surface area contributed by atoms with E-state index in [-0.39, 0.29) is 10.9 Å². The maximum Gasteiger partial charge on any atom is 0.337 e. The number of piperidine rings is 1. The van der Waals surface area contributed by atoms with Crippen LogP contribution in [0.4, 0.5) is 0 Å². The van der Waals surface area contributed by atoms with Crippen LogP contribution in [0.25, 0.3) is 11.0 Å². The van der Waals surface area contributed by atoms with Gasteiger partial charge in [0.15, 0.2) is 0 Å². The minimum absolute atomic E-state index is 0.112. The number of hydrogen-bond donors (Lipinski definition) is 0. The molecule has 1 saturated heterocycles. The van der Waals surface area contributed by atoms with Crippen molar-refractivity contribution in [2.24, 2.45) is 0 Å². The van der Waals surface area contributed by atoms with Gasteiger partial charge in [0.1, 0.15) is 5.52 Å². The lowest BCUT2D eigenvalue weighted by Gasteiger charge is -2.31. The van der Waals surface area contributed by atoms with E-state index in [1.807, 2.05) is 28.9 Å². The van der Waals surface area contributed by atoms with Crippen LogP contribution in [0.3, 0.4) is 0 Å². The fourth-order valence-electron chi connectivity index (χ4n) is 3.51. The molecule has 146 valence electrons. The number of nitrogens with zero attached hydrogens (tertiary/aromatic N) is 4. The molecule has 28 heavy (non-hydrogen) atoms. The van der Waals surface area contributed by atoms with E-state index in [0.29, 0.717) is 31.5 Å². The largest absolute Gasteiger partial charge is 0.465 e. The first-order chi connectivity index (χ1) is 13.5. The topological polar surface area (TPSA) is 94.4 Å². The minimum Gasteiger partial charge on any atom is -0.465 e. The number of sulfonamides is 1. The second-order valence-electron chi connectivity index (χ2n) is 6.67. The fourth-order valence-corrected chi connectivity index (χ4v) is 4.98. The summed E-state index contributed by atoms with van der Waals surface area (Å²) < 4.78 is 33.9. The van der Waals surface area contributed by atoms with E-state index in [4.69, 9.17) is 0 Å². The molecule has 3 aromatic rings. The number of fused-ring (bicyclic) bond motifs is 1. The number of esters is 1. The van der Waals surface area contributed by atoms with E-state index in [1.54, 1.807) is 0 Å². The summed E-state index contributed by atoms with van der Waals surface area (Å²) in [5.41, 5.74) is 2.11. The van der Waals surface area contributed by atoms with Gasteiger partial charge in [-0.25, -0.2) is 17.9 Å². The SMILES string of the molecule is COC(=O)c1ccc(S(=O)(=O)N2CCC(n3nnc4ccccc43)CC2)cc1. The third kappa shape index (κ3) is 3.27. The monoisotopic (exact) mass is 400 g/mol. The summed E-state index contributed by atoms with van der Waals surface area (Å²) in [5.74, 6) is -0.496. The Labute approximate surface area is 162 Å². The Hall–Kier alpha value is -2.78. The minimum atomic E-state index is -3.61. The van der Waals surface area contributed by atoms with E-state index >= 15 is 0 Å². The van der Waals surface area contributed by atoms with Crippen LogP contribution in [0.15, 0.2) is 53.4 Å². The summed E-state index contributed by atoms with van der Waals surface area (Å²) in [5, 5.41) is 8.44. The van der Waals surface area contributed by atoms with Gasteiger partial charge < -0.3 is 4.74 Å². The summed E-state index contributed by atoms with van der Waals surface area (Å²) in [6, 6.07) is 13.7. The predicted molar refractivity (Wildman–Crippen MR) is 102 cm³/mol. The molecule has 2 aromatic carbocycles. The van der Waals surface area contributed by atoms with E-state index in [2.05, 4.69) is 15.0 Å². The van der Waals surface area contributed by atoms with Crippen molar-refractivity contribution in [2.45, 2.75) is 23.8 Å². The third-order valence-electron chi connectivity index (χ3n) is 5.06. The van der Waals surface area contributed by atoms with Crippen LogP contribution in [0.5, 0.6) is 0 Å². The highest BCUT2D eigenvalue weighted by molar-refractivity contribution is 7.89. The molecule has 8 nitrogen and oxygen atoms in total. The van der Waals surface area contributed by atoms with Crippen molar-refractivity contribution in [1.29, 1.82) is 0 Å². The van der Waals surface area contributed by atoms with Crippen LogP contribution in [0.2, 0.25) is 0 Å². The van der Waals surface area contributed by atoms with Crippen LogP contribution < -0.4 is 0 Å². The quantitative estimate of drug-likeness (QED) is 0.624. The number of rotatable bonds is 4. The zero-order chi connectivity index (χ0) is 19.7. The molecule has 9 heteroatoms. The Bertz CT molecular complexity index is 1100.